The number of nitrogens with one attached hydrogen (secondary N) is 4. The summed E-state index contributed by atoms with van der Waals surface area (Å²) in [5, 5.41) is 7.97. The molecule has 0 spiro atoms. The number of hydrogen-bond acceptors (Lipinski definition) is 8. The van der Waals surface area contributed by atoms with E-state index in [0.29, 0.717) is 17.6 Å². The van der Waals surface area contributed by atoms with Crippen LogP contribution < -0.4 is 20.7 Å². The van der Waals surface area contributed by atoms with Crippen LogP contribution in [0, 0.1) is 0 Å². The lowest BCUT2D eigenvalue weighted by atomic mass is 10.2. The lowest BCUT2D eigenvalue weighted by Gasteiger charge is -2.16. The molecule has 2 heterocycles. The smallest absolute Gasteiger partial charge is 0.364 e. The van der Waals surface area contributed by atoms with Crippen LogP contribution in [0.3, 0.4) is 0 Å². The average molecular weight is 510 g/mol. The zero-order valence-electron chi connectivity index (χ0n) is 18.6. The van der Waals surface area contributed by atoms with Gasteiger partial charge in [-0.3, -0.25) is 14.5 Å². The molecule has 0 aliphatic carbocycles. The number of alkyl halides is 3. The fraction of sp³-hybridized carbons (Fsp3) is 0.238. The highest BCUT2D eigenvalue weighted by molar-refractivity contribution is 7.92. The van der Waals surface area contributed by atoms with E-state index in [1.54, 1.807) is 24.3 Å². The summed E-state index contributed by atoms with van der Waals surface area (Å²) in [5.41, 5.74) is 0.112. The topological polar surface area (TPSA) is 138 Å². The number of carbonyl (C=O) groups excluding carboxylic acids is 1. The average Bonchev–Trinajstić information content (AvgIpc) is 2.77. The van der Waals surface area contributed by atoms with Gasteiger partial charge in [0.2, 0.25) is 21.9 Å². The van der Waals surface area contributed by atoms with Crippen molar-refractivity contribution in [3.63, 3.8) is 0 Å². The largest absolute Gasteiger partial charge is 0.421 e. The molecular formula is C21H22F3N7O3S. The van der Waals surface area contributed by atoms with E-state index in [0.717, 1.165) is 0 Å². The second-order valence-electron chi connectivity index (χ2n) is 7.20. The maximum absolute atomic E-state index is 13.6. The number of amides is 1. The highest BCUT2D eigenvalue weighted by atomic mass is 32.2. The van der Waals surface area contributed by atoms with Gasteiger partial charge in [0.15, 0.2) is 0 Å². The highest BCUT2D eigenvalue weighted by Crippen LogP contribution is 2.34. The van der Waals surface area contributed by atoms with E-state index < -0.39 is 27.6 Å². The first-order valence-corrected chi connectivity index (χ1v) is 11.9. The number of benzene rings is 1. The summed E-state index contributed by atoms with van der Waals surface area (Å²) in [4.78, 5) is 23.0. The van der Waals surface area contributed by atoms with Crippen molar-refractivity contribution in [2.45, 2.75) is 26.6 Å². The maximum atomic E-state index is 13.6. The lowest BCUT2D eigenvalue weighted by Crippen LogP contribution is -2.18. The van der Waals surface area contributed by atoms with E-state index in [1.165, 1.54) is 32.2 Å². The van der Waals surface area contributed by atoms with E-state index in [9.17, 15) is 26.4 Å². The van der Waals surface area contributed by atoms with E-state index in [1.807, 2.05) is 0 Å². The monoisotopic (exact) mass is 509 g/mol. The van der Waals surface area contributed by atoms with E-state index in [2.05, 4.69) is 35.6 Å². The number of carbonyl (C=O) groups is 1. The fourth-order valence-corrected chi connectivity index (χ4v) is 3.54. The number of pyridine rings is 1. The molecule has 14 heteroatoms. The first kappa shape index (κ1) is 25.7. The Bertz CT molecular complexity index is 1320. The van der Waals surface area contributed by atoms with Crippen molar-refractivity contribution in [1.29, 1.82) is 0 Å². The molecule has 0 aliphatic rings. The molecule has 10 nitrogen and oxygen atoms in total. The molecule has 1 amide bonds. The van der Waals surface area contributed by atoms with Gasteiger partial charge in [-0.15, -0.1) is 0 Å². The molecule has 3 aromatic rings. The van der Waals surface area contributed by atoms with Crippen molar-refractivity contribution in [1.82, 2.24) is 15.0 Å². The number of sulfonamides is 1. The summed E-state index contributed by atoms with van der Waals surface area (Å²) in [7, 11) is -3.62. The van der Waals surface area contributed by atoms with Gasteiger partial charge in [0.1, 0.15) is 11.4 Å². The predicted molar refractivity (Wildman–Crippen MR) is 126 cm³/mol. The Kier molecular flexibility index (Phi) is 7.74. The van der Waals surface area contributed by atoms with Crippen LogP contribution in [0.15, 0.2) is 48.8 Å². The Morgan fingerprint density at radius 2 is 1.83 bits per heavy atom. The third-order valence-electron chi connectivity index (χ3n) is 4.49. The quantitative estimate of drug-likeness (QED) is 0.340. The van der Waals surface area contributed by atoms with Crippen LogP contribution in [0.4, 0.5) is 42.0 Å². The Labute approximate surface area is 199 Å². The Morgan fingerprint density at radius 3 is 2.51 bits per heavy atom. The SMILES string of the molecule is CCS(=O)(=O)Nc1cccnc1CNc1nc(Nc2cccc(NC(C)=O)c2)ncc1C(F)(F)F. The summed E-state index contributed by atoms with van der Waals surface area (Å²) < 4.78 is 66.9. The van der Waals surface area contributed by atoms with Gasteiger partial charge < -0.3 is 16.0 Å². The summed E-state index contributed by atoms with van der Waals surface area (Å²) in [5.74, 6) is -1.12. The molecule has 0 bridgehead atoms. The van der Waals surface area contributed by atoms with Gasteiger partial charge >= 0.3 is 6.18 Å². The summed E-state index contributed by atoms with van der Waals surface area (Å²) >= 11 is 0. The van der Waals surface area contributed by atoms with Crippen LogP contribution in [0.2, 0.25) is 0 Å². The first-order valence-electron chi connectivity index (χ1n) is 10.2. The Hall–Kier alpha value is -3.94. The van der Waals surface area contributed by atoms with Gasteiger partial charge in [0.25, 0.3) is 0 Å². The van der Waals surface area contributed by atoms with Gasteiger partial charge in [0.05, 0.1) is 23.7 Å². The van der Waals surface area contributed by atoms with Gasteiger partial charge in [-0.25, -0.2) is 13.4 Å². The molecule has 186 valence electrons. The van der Waals surface area contributed by atoms with Crippen molar-refractivity contribution in [2.75, 3.05) is 26.4 Å². The third-order valence-corrected chi connectivity index (χ3v) is 5.78. The van der Waals surface area contributed by atoms with Crippen LogP contribution in [-0.2, 0) is 27.5 Å². The maximum Gasteiger partial charge on any atom is 0.421 e. The molecular weight excluding hydrogens is 487 g/mol. The van der Waals surface area contributed by atoms with Crippen molar-refractivity contribution in [3.8, 4) is 0 Å². The summed E-state index contributed by atoms with van der Waals surface area (Å²) in [6, 6.07) is 9.42. The molecule has 0 saturated heterocycles. The van der Waals surface area contributed by atoms with Crippen LogP contribution in [0.1, 0.15) is 25.1 Å². The summed E-state index contributed by atoms with van der Waals surface area (Å²) in [6.07, 6.45) is -2.72. The number of nitrogens with zero attached hydrogens (tertiary/aromatic N) is 3. The number of aromatic nitrogens is 3. The molecule has 0 saturated carbocycles. The zero-order valence-corrected chi connectivity index (χ0v) is 19.5. The van der Waals surface area contributed by atoms with Crippen molar-refractivity contribution < 1.29 is 26.4 Å². The summed E-state index contributed by atoms with van der Waals surface area (Å²) in [6.45, 7) is 2.55. The number of rotatable bonds is 9. The molecule has 0 atom stereocenters. The molecule has 0 fully saturated rings. The minimum Gasteiger partial charge on any atom is -0.364 e. The molecule has 1 aromatic carbocycles. The van der Waals surface area contributed by atoms with Crippen molar-refractivity contribution >= 4 is 44.8 Å². The molecule has 35 heavy (non-hydrogen) atoms. The van der Waals surface area contributed by atoms with Crippen LogP contribution in [0.25, 0.3) is 0 Å². The minimum atomic E-state index is -4.75. The Morgan fingerprint density at radius 1 is 1.09 bits per heavy atom. The van der Waals surface area contributed by atoms with E-state index in [-0.39, 0.29) is 35.5 Å². The molecule has 4 N–H and O–H groups in total. The van der Waals surface area contributed by atoms with Crippen LogP contribution in [-0.4, -0.2) is 35.0 Å². The van der Waals surface area contributed by atoms with Crippen LogP contribution in [0.5, 0.6) is 0 Å². The highest BCUT2D eigenvalue weighted by Gasteiger charge is 2.35. The van der Waals surface area contributed by atoms with Crippen molar-refractivity contribution in [3.05, 3.63) is 60.0 Å². The van der Waals surface area contributed by atoms with E-state index in [4.69, 9.17) is 0 Å². The van der Waals surface area contributed by atoms with Crippen molar-refractivity contribution in [2.24, 2.45) is 0 Å². The zero-order chi connectivity index (χ0) is 25.6. The molecule has 0 aliphatic heterocycles. The normalized spacial score (nSPS) is 11.6. The van der Waals surface area contributed by atoms with Gasteiger partial charge in [-0.2, -0.15) is 18.2 Å². The minimum absolute atomic E-state index is 0.131. The number of hydrogen-bond donors (Lipinski definition) is 4. The lowest BCUT2D eigenvalue weighted by molar-refractivity contribution is -0.137. The number of anilines is 5. The Balaban J connectivity index is 1.87. The fourth-order valence-electron chi connectivity index (χ4n) is 2.87. The van der Waals surface area contributed by atoms with Crippen LogP contribution >= 0.6 is 0 Å². The number of halogens is 3. The second-order valence-corrected chi connectivity index (χ2v) is 9.21. The molecule has 3 rings (SSSR count). The van der Waals surface area contributed by atoms with Gasteiger partial charge in [-0.05, 0) is 37.3 Å². The predicted octanol–water partition coefficient (Wildman–Crippen LogP) is 3.97. The van der Waals surface area contributed by atoms with Gasteiger partial charge in [-0.1, -0.05) is 6.07 Å². The second kappa shape index (κ2) is 10.5. The molecule has 2 aromatic heterocycles. The standard InChI is InChI=1S/C21H22F3N7O3S/c1-3-35(33,34)31-17-8-5-9-25-18(17)12-26-19-16(21(22,23)24)11-27-20(30-19)29-15-7-4-6-14(10-15)28-13(2)32/h4-11,31H,3,12H2,1-2H3,(H,28,32)(H2,26,27,29,30). The van der Waals surface area contributed by atoms with Gasteiger partial charge in [0, 0.05) is 30.7 Å². The molecule has 0 radical (unpaired) electrons. The first-order chi connectivity index (χ1) is 16.5. The third kappa shape index (κ3) is 7.27. The van der Waals surface area contributed by atoms with E-state index >= 15 is 0 Å². The molecule has 0 unspecified atom stereocenters.